The quantitative estimate of drug-likeness (QED) is 0.787. The molecule has 17 heavy (non-hydrogen) atoms. The summed E-state index contributed by atoms with van der Waals surface area (Å²) in [6, 6.07) is 7.30. The Labute approximate surface area is 122 Å². The monoisotopic (exact) mass is 350 g/mol. The first-order chi connectivity index (χ1) is 7.99. The van der Waals surface area contributed by atoms with Crippen molar-refractivity contribution in [1.82, 2.24) is 0 Å². The van der Waals surface area contributed by atoms with Crippen LogP contribution >= 0.6 is 50.5 Å². The van der Waals surface area contributed by atoms with Gasteiger partial charge in [-0.3, -0.25) is 0 Å². The maximum Gasteiger partial charge on any atom is 0.113 e. The van der Waals surface area contributed by atoms with Crippen molar-refractivity contribution in [3.63, 3.8) is 0 Å². The highest BCUT2D eigenvalue weighted by molar-refractivity contribution is 9.10. The summed E-state index contributed by atoms with van der Waals surface area (Å²) in [7, 11) is 0. The van der Waals surface area contributed by atoms with Crippen LogP contribution in [-0.2, 0) is 0 Å². The average molecular weight is 352 g/mol. The molecule has 2 rings (SSSR count). The molecule has 0 bridgehead atoms. The maximum atomic E-state index is 10.2. The molecule has 0 saturated heterocycles. The molecule has 1 aromatic heterocycles. The van der Waals surface area contributed by atoms with Crippen molar-refractivity contribution in [3.8, 4) is 0 Å². The largest absolute Gasteiger partial charge is 0.383 e. The number of aryl methyl sites for hydroxylation is 1. The summed E-state index contributed by atoms with van der Waals surface area (Å²) in [5.41, 5.74) is 1.74. The molecule has 5 heteroatoms. The highest BCUT2D eigenvalue weighted by Gasteiger charge is 2.15. The normalized spacial score (nSPS) is 12.8. The smallest absolute Gasteiger partial charge is 0.113 e. The van der Waals surface area contributed by atoms with Crippen LogP contribution in [0.4, 0.5) is 0 Å². The summed E-state index contributed by atoms with van der Waals surface area (Å²) in [4.78, 5) is 0.825. The van der Waals surface area contributed by atoms with Crippen molar-refractivity contribution in [3.05, 3.63) is 54.1 Å². The van der Waals surface area contributed by atoms with Gasteiger partial charge in [-0.15, -0.1) is 11.3 Å². The van der Waals surface area contributed by atoms with Crippen LogP contribution in [0.25, 0.3) is 0 Å². The predicted molar refractivity (Wildman–Crippen MR) is 77.3 cm³/mol. The SMILES string of the molecule is Cc1cc(C(O)c2ccc(Br)c(Cl)c2)sc1Cl. The van der Waals surface area contributed by atoms with Gasteiger partial charge in [0.15, 0.2) is 0 Å². The van der Waals surface area contributed by atoms with Gasteiger partial charge in [0.25, 0.3) is 0 Å². The second-order valence-electron chi connectivity index (χ2n) is 3.68. The van der Waals surface area contributed by atoms with Crippen LogP contribution in [0.3, 0.4) is 0 Å². The lowest BCUT2D eigenvalue weighted by molar-refractivity contribution is 0.224. The Morgan fingerprint density at radius 3 is 2.53 bits per heavy atom. The van der Waals surface area contributed by atoms with Crippen LogP contribution in [0.2, 0.25) is 9.36 Å². The van der Waals surface area contributed by atoms with Crippen LogP contribution in [-0.4, -0.2) is 5.11 Å². The first kappa shape index (κ1) is 13.4. The lowest BCUT2D eigenvalue weighted by Gasteiger charge is -2.09. The van der Waals surface area contributed by atoms with Gasteiger partial charge in [-0.25, -0.2) is 0 Å². The number of aliphatic hydroxyl groups excluding tert-OH is 1. The Bertz CT molecular complexity index is 534. The molecular formula is C12H9BrCl2OS. The first-order valence-corrected chi connectivity index (χ1v) is 7.24. The van der Waals surface area contributed by atoms with E-state index in [1.54, 1.807) is 6.07 Å². The van der Waals surface area contributed by atoms with E-state index in [9.17, 15) is 5.11 Å². The molecule has 1 unspecified atom stereocenters. The van der Waals surface area contributed by atoms with Gasteiger partial charge in [-0.1, -0.05) is 29.3 Å². The van der Waals surface area contributed by atoms with Crippen molar-refractivity contribution < 1.29 is 5.11 Å². The molecule has 0 amide bonds. The van der Waals surface area contributed by atoms with Crippen molar-refractivity contribution >= 4 is 50.5 Å². The van der Waals surface area contributed by atoms with E-state index in [0.29, 0.717) is 9.36 Å². The van der Waals surface area contributed by atoms with E-state index in [2.05, 4.69) is 15.9 Å². The molecular weight excluding hydrogens is 343 g/mol. The molecule has 1 heterocycles. The van der Waals surface area contributed by atoms with Crippen molar-refractivity contribution in [2.24, 2.45) is 0 Å². The lowest BCUT2D eigenvalue weighted by Crippen LogP contribution is -1.96. The third kappa shape index (κ3) is 2.85. The van der Waals surface area contributed by atoms with Gasteiger partial charge in [0.2, 0.25) is 0 Å². The molecule has 90 valence electrons. The molecule has 2 aromatic rings. The van der Waals surface area contributed by atoms with Gasteiger partial charge >= 0.3 is 0 Å². The molecule has 0 aliphatic rings. The molecule has 0 fully saturated rings. The summed E-state index contributed by atoms with van der Waals surface area (Å²) < 4.78 is 1.53. The number of hydrogen-bond acceptors (Lipinski definition) is 2. The Morgan fingerprint density at radius 2 is 2.00 bits per heavy atom. The minimum atomic E-state index is -0.684. The topological polar surface area (TPSA) is 20.2 Å². The zero-order valence-corrected chi connectivity index (χ0v) is 12.8. The van der Waals surface area contributed by atoms with Crippen molar-refractivity contribution in [2.75, 3.05) is 0 Å². The standard InChI is InChI=1S/C12H9BrCl2OS/c1-6-4-10(17-12(6)15)11(16)7-2-3-8(13)9(14)5-7/h2-5,11,16H,1H3. The van der Waals surface area contributed by atoms with Crippen molar-refractivity contribution in [1.29, 1.82) is 0 Å². The molecule has 1 N–H and O–H groups in total. The molecule has 0 aliphatic carbocycles. The fourth-order valence-electron chi connectivity index (χ4n) is 1.47. The zero-order chi connectivity index (χ0) is 12.6. The van der Waals surface area contributed by atoms with Gasteiger partial charge in [0.1, 0.15) is 6.10 Å². The zero-order valence-electron chi connectivity index (χ0n) is 8.88. The Hall–Kier alpha value is -0.0600. The molecule has 1 atom stereocenters. The first-order valence-electron chi connectivity index (χ1n) is 4.88. The van der Waals surface area contributed by atoms with E-state index in [0.717, 1.165) is 20.5 Å². The highest BCUT2D eigenvalue weighted by atomic mass is 79.9. The summed E-state index contributed by atoms with van der Waals surface area (Å²) in [5.74, 6) is 0. The molecule has 0 radical (unpaired) electrons. The number of thiophene rings is 1. The van der Waals surface area contributed by atoms with Gasteiger partial charge in [0.05, 0.1) is 9.36 Å². The van der Waals surface area contributed by atoms with Gasteiger partial charge < -0.3 is 5.11 Å². The predicted octanol–water partition coefficient (Wildman–Crippen LogP) is 5.21. The summed E-state index contributed by atoms with van der Waals surface area (Å²) >= 11 is 16.7. The molecule has 0 aliphatic heterocycles. The van der Waals surface area contributed by atoms with Crippen molar-refractivity contribution in [2.45, 2.75) is 13.0 Å². The second-order valence-corrected chi connectivity index (χ2v) is 6.63. The summed E-state index contributed by atoms with van der Waals surface area (Å²) in [5, 5.41) is 10.8. The third-order valence-corrected chi connectivity index (χ3v) is 5.25. The number of rotatable bonds is 2. The Balaban J connectivity index is 2.36. The average Bonchev–Trinajstić information content (AvgIpc) is 2.62. The maximum absolute atomic E-state index is 10.2. The molecule has 1 nitrogen and oxygen atoms in total. The van der Waals surface area contributed by atoms with Crippen LogP contribution in [0, 0.1) is 6.92 Å². The lowest BCUT2D eigenvalue weighted by atomic mass is 10.1. The van der Waals surface area contributed by atoms with Crippen LogP contribution in [0.5, 0.6) is 0 Å². The third-order valence-electron chi connectivity index (χ3n) is 2.41. The van der Waals surface area contributed by atoms with E-state index < -0.39 is 6.10 Å². The van der Waals surface area contributed by atoms with Crippen LogP contribution in [0.1, 0.15) is 22.1 Å². The fraction of sp³-hybridized carbons (Fsp3) is 0.167. The van der Waals surface area contributed by atoms with E-state index in [1.807, 2.05) is 25.1 Å². The van der Waals surface area contributed by atoms with E-state index in [-0.39, 0.29) is 0 Å². The minimum absolute atomic E-state index is 0.584. The number of benzene rings is 1. The summed E-state index contributed by atoms with van der Waals surface area (Å²) in [6.07, 6.45) is -0.684. The number of halogens is 3. The van der Waals surface area contributed by atoms with E-state index in [4.69, 9.17) is 23.2 Å². The highest BCUT2D eigenvalue weighted by Crippen LogP contribution is 2.35. The fourth-order valence-corrected chi connectivity index (χ4v) is 3.13. The Kier molecular flexibility index (Phi) is 4.16. The van der Waals surface area contributed by atoms with Crippen LogP contribution in [0.15, 0.2) is 28.7 Å². The van der Waals surface area contributed by atoms with Gasteiger partial charge in [-0.2, -0.15) is 0 Å². The van der Waals surface area contributed by atoms with E-state index in [1.165, 1.54) is 11.3 Å². The molecule has 1 aromatic carbocycles. The Morgan fingerprint density at radius 1 is 1.29 bits per heavy atom. The second kappa shape index (κ2) is 5.29. The minimum Gasteiger partial charge on any atom is -0.383 e. The van der Waals surface area contributed by atoms with Gasteiger partial charge in [-0.05, 0) is 52.2 Å². The van der Waals surface area contributed by atoms with E-state index >= 15 is 0 Å². The molecule has 0 spiro atoms. The molecule has 0 saturated carbocycles. The van der Waals surface area contributed by atoms with Crippen LogP contribution < -0.4 is 0 Å². The van der Waals surface area contributed by atoms with Gasteiger partial charge in [0, 0.05) is 9.35 Å². The number of aliphatic hydroxyl groups is 1. The number of hydrogen-bond donors (Lipinski definition) is 1. The summed E-state index contributed by atoms with van der Waals surface area (Å²) in [6.45, 7) is 1.92.